The van der Waals surface area contributed by atoms with Crippen LogP contribution in [0.2, 0.25) is 0 Å². The molecule has 0 aliphatic carbocycles. The largest absolute Gasteiger partial charge is 0.377 e. The number of imidazole rings is 1. The lowest BCUT2D eigenvalue weighted by Gasteiger charge is -2.02. The zero-order chi connectivity index (χ0) is 17.6. The van der Waals surface area contributed by atoms with Crippen molar-refractivity contribution >= 4 is 16.9 Å². The van der Waals surface area contributed by atoms with Crippen LogP contribution in [0.15, 0.2) is 22.7 Å². The summed E-state index contributed by atoms with van der Waals surface area (Å²) in [5, 5.41) is 6.27. The van der Waals surface area contributed by atoms with E-state index in [-0.39, 0.29) is 44.0 Å². The van der Waals surface area contributed by atoms with Gasteiger partial charge in [-0.1, -0.05) is 5.16 Å². The van der Waals surface area contributed by atoms with Crippen LogP contribution >= 0.6 is 0 Å². The lowest BCUT2D eigenvalue weighted by Crippen LogP contribution is -2.27. The predicted octanol–water partition coefficient (Wildman–Crippen LogP) is 1.06. The fraction of sp³-hybridized carbons (Fsp3) is 0.333. The van der Waals surface area contributed by atoms with Crippen molar-refractivity contribution in [2.45, 2.75) is 19.8 Å². The molecule has 0 spiro atoms. The molecule has 0 atom stereocenters. The number of nitrogens with one attached hydrogen (secondary N) is 2. The predicted molar refractivity (Wildman–Crippen MR) is 82.6 cm³/mol. The maximum atomic E-state index is 13.1. The third-order valence-corrected chi connectivity index (χ3v) is 3.19. The van der Waals surface area contributed by atoms with Gasteiger partial charge in [0.25, 0.3) is 0 Å². The van der Waals surface area contributed by atoms with E-state index in [0.29, 0.717) is 22.7 Å². The summed E-state index contributed by atoms with van der Waals surface area (Å²) in [6.07, 6.45) is 0. The van der Waals surface area contributed by atoms with E-state index in [0.717, 1.165) is 0 Å². The average molecular weight is 349 g/mol. The van der Waals surface area contributed by atoms with Crippen LogP contribution in [-0.4, -0.2) is 39.7 Å². The topological polar surface area (TPSA) is 115 Å². The van der Waals surface area contributed by atoms with E-state index in [2.05, 4.69) is 25.4 Å². The second kappa shape index (κ2) is 7.81. The Morgan fingerprint density at radius 1 is 1.36 bits per heavy atom. The van der Waals surface area contributed by atoms with Gasteiger partial charge in [0, 0.05) is 7.11 Å². The van der Waals surface area contributed by atoms with E-state index < -0.39 is 0 Å². The van der Waals surface area contributed by atoms with E-state index in [1.165, 1.54) is 19.2 Å². The van der Waals surface area contributed by atoms with Crippen molar-refractivity contribution in [1.29, 1.82) is 0 Å². The van der Waals surface area contributed by atoms with Gasteiger partial charge in [-0.05, 0) is 18.2 Å². The first kappa shape index (κ1) is 17.0. The summed E-state index contributed by atoms with van der Waals surface area (Å²) < 4.78 is 28.2. The normalized spacial score (nSPS) is 11.1. The number of ether oxygens (including phenoxy) is 2. The number of hydrogen-bond donors (Lipinski definition) is 2. The minimum atomic E-state index is -0.349. The SMILES string of the molecule is COCc1noc(CNC(=O)COCc2nc3ccc(F)cc3[nH]2)n1. The van der Waals surface area contributed by atoms with Gasteiger partial charge in [0.05, 0.1) is 17.6 Å². The number of rotatable bonds is 8. The zero-order valence-corrected chi connectivity index (χ0v) is 13.4. The van der Waals surface area contributed by atoms with Crippen LogP contribution in [0.25, 0.3) is 11.0 Å². The third-order valence-electron chi connectivity index (χ3n) is 3.19. The number of amides is 1. The van der Waals surface area contributed by atoms with Crippen molar-refractivity contribution in [3.8, 4) is 0 Å². The van der Waals surface area contributed by atoms with Crippen molar-refractivity contribution < 1.29 is 23.2 Å². The number of hydrogen-bond acceptors (Lipinski definition) is 7. The summed E-state index contributed by atoms with van der Waals surface area (Å²) >= 11 is 0. The van der Waals surface area contributed by atoms with Crippen LogP contribution in [-0.2, 0) is 34.0 Å². The molecule has 9 nitrogen and oxygen atoms in total. The molecule has 0 unspecified atom stereocenters. The summed E-state index contributed by atoms with van der Waals surface area (Å²) in [4.78, 5) is 22.9. The van der Waals surface area contributed by atoms with E-state index in [9.17, 15) is 9.18 Å². The van der Waals surface area contributed by atoms with E-state index >= 15 is 0 Å². The Bertz CT molecular complexity index is 863. The van der Waals surface area contributed by atoms with Crippen molar-refractivity contribution in [3.05, 3.63) is 41.6 Å². The molecule has 2 N–H and O–H groups in total. The molecule has 0 aliphatic heterocycles. The van der Waals surface area contributed by atoms with Crippen molar-refractivity contribution in [2.24, 2.45) is 0 Å². The fourth-order valence-electron chi connectivity index (χ4n) is 2.12. The lowest BCUT2D eigenvalue weighted by atomic mass is 10.3. The Hall–Kier alpha value is -2.85. The van der Waals surface area contributed by atoms with Gasteiger partial charge in [-0.2, -0.15) is 4.98 Å². The molecule has 132 valence electrons. The quantitative estimate of drug-likeness (QED) is 0.625. The Morgan fingerprint density at radius 3 is 3.08 bits per heavy atom. The number of carbonyl (C=O) groups is 1. The van der Waals surface area contributed by atoms with Crippen LogP contribution in [0.1, 0.15) is 17.5 Å². The van der Waals surface area contributed by atoms with Crippen LogP contribution in [0, 0.1) is 5.82 Å². The van der Waals surface area contributed by atoms with Crippen LogP contribution in [0.3, 0.4) is 0 Å². The summed E-state index contributed by atoms with van der Waals surface area (Å²) in [7, 11) is 1.52. The number of benzene rings is 1. The van der Waals surface area contributed by atoms with E-state index in [1.54, 1.807) is 6.07 Å². The number of methoxy groups -OCH3 is 1. The summed E-state index contributed by atoms with van der Waals surface area (Å²) in [6.45, 7) is 0.275. The molecule has 0 fully saturated rings. The Labute approximate surface area is 141 Å². The molecule has 0 bridgehead atoms. The standard InChI is InChI=1S/C15H16FN5O4/c1-23-6-13-20-15(25-21-13)5-17-14(22)8-24-7-12-18-10-3-2-9(16)4-11(10)19-12/h2-4H,5-8H2,1H3,(H,17,22)(H,18,19). The number of carbonyl (C=O) groups excluding carboxylic acids is 1. The highest BCUT2D eigenvalue weighted by Crippen LogP contribution is 2.13. The van der Waals surface area contributed by atoms with Crippen LogP contribution in [0.5, 0.6) is 0 Å². The minimum absolute atomic E-state index is 0.0995. The first-order valence-electron chi connectivity index (χ1n) is 7.43. The Balaban J connectivity index is 1.42. The van der Waals surface area contributed by atoms with Gasteiger partial charge < -0.3 is 24.3 Å². The monoisotopic (exact) mass is 349 g/mol. The highest BCUT2D eigenvalue weighted by Gasteiger charge is 2.09. The van der Waals surface area contributed by atoms with Gasteiger partial charge in [-0.25, -0.2) is 9.37 Å². The highest BCUT2D eigenvalue weighted by atomic mass is 19.1. The second-order valence-electron chi connectivity index (χ2n) is 5.15. The molecule has 3 rings (SSSR count). The number of aromatic nitrogens is 4. The summed E-state index contributed by atoms with van der Waals surface area (Å²) in [5.41, 5.74) is 1.21. The molecule has 25 heavy (non-hydrogen) atoms. The lowest BCUT2D eigenvalue weighted by molar-refractivity contribution is -0.126. The highest BCUT2D eigenvalue weighted by molar-refractivity contribution is 5.77. The molecule has 0 saturated heterocycles. The van der Waals surface area contributed by atoms with Gasteiger partial charge in [0.15, 0.2) is 5.82 Å². The molecule has 10 heteroatoms. The number of H-pyrrole nitrogens is 1. The van der Waals surface area contributed by atoms with Crippen LogP contribution < -0.4 is 5.32 Å². The third kappa shape index (κ3) is 4.58. The van der Waals surface area contributed by atoms with Gasteiger partial charge in [0.1, 0.15) is 31.5 Å². The Morgan fingerprint density at radius 2 is 2.24 bits per heavy atom. The fourth-order valence-corrected chi connectivity index (χ4v) is 2.12. The smallest absolute Gasteiger partial charge is 0.246 e. The Kier molecular flexibility index (Phi) is 5.31. The maximum absolute atomic E-state index is 13.1. The molecule has 1 aromatic carbocycles. The molecular formula is C15H16FN5O4. The maximum Gasteiger partial charge on any atom is 0.246 e. The zero-order valence-electron chi connectivity index (χ0n) is 13.4. The first-order chi connectivity index (χ1) is 12.1. The molecule has 2 aromatic heterocycles. The molecule has 2 heterocycles. The molecule has 1 amide bonds. The molecular weight excluding hydrogens is 333 g/mol. The summed E-state index contributed by atoms with van der Waals surface area (Å²) in [6, 6.07) is 4.25. The molecule has 0 aliphatic rings. The molecule has 0 saturated carbocycles. The van der Waals surface area contributed by atoms with Gasteiger partial charge in [0.2, 0.25) is 11.8 Å². The number of halogens is 1. The van der Waals surface area contributed by atoms with Gasteiger partial charge >= 0.3 is 0 Å². The van der Waals surface area contributed by atoms with Crippen molar-refractivity contribution in [1.82, 2.24) is 25.4 Å². The van der Waals surface area contributed by atoms with E-state index in [4.69, 9.17) is 14.0 Å². The van der Waals surface area contributed by atoms with Crippen molar-refractivity contribution in [3.63, 3.8) is 0 Å². The molecule has 0 radical (unpaired) electrons. The number of fused-ring (bicyclic) bond motifs is 1. The van der Waals surface area contributed by atoms with E-state index in [1.807, 2.05) is 0 Å². The van der Waals surface area contributed by atoms with Crippen LogP contribution in [0.4, 0.5) is 4.39 Å². The summed E-state index contributed by atoms with van der Waals surface area (Å²) in [5.74, 6) is 0.505. The number of aromatic amines is 1. The molecule has 3 aromatic rings. The van der Waals surface area contributed by atoms with Crippen molar-refractivity contribution in [2.75, 3.05) is 13.7 Å². The van der Waals surface area contributed by atoms with Gasteiger partial charge in [-0.15, -0.1) is 0 Å². The minimum Gasteiger partial charge on any atom is -0.377 e. The second-order valence-corrected chi connectivity index (χ2v) is 5.15. The number of nitrogens with zero attached hydrogens (tertiary/aromatic N) is 3. The first-order valence-corrected chi connectivity index (χ1v) is 7.43. The van der Waals surface area contributed by atoms with Gasteiger partial charge in [-0.3, -0.25) is 4.79 Å². The average Bonchev–Trinajstić information content (AvgIpc) is 3.19.